The monoisotopic (exact) mass is 305 g/mol. The van der Waals surface area contributed by atoms with Crippen molar-refractivity contribution in [2.45, 2.75) is 6.92 Å². The van der Waals surface area contributed by atoms with Crippen molar-refractivity contribution in [1.82, 2.24) is 9.97 Å². The first-order valence-corrected chi connectivity index (χ1v) is 7.13. The molecule has 0 atom stereocenters. The molecule has 23 heavy (non-hydrogen) atoms. The number of carbonyl (C=O) groups excluding carboxylic acids is 1. The Balaban J connectivity index is 1.80. The minimum absolute atomic E-state index is 0.248. The van der Waals surface area contributed by atoms with Crippen LogP contribution in [-0.2, 0) is 0 Å². The summed E-state index contributed by atoms with van der Waals surface area (Å²) in [5.41, 5.74) is 1.97. The molecule has 0 bridgehead atoms. The summed E-state index contributed by atoms with van der Waals surface area (Å²) in [5, 5.41) is 2.79. The predicted octanol–water partition coefficient (Wildman–Crippen LogP) is 3.83. The lowest BCUT2D eigenvalue weighted by Crippen LogP contribution is -2.14. The molecule has 3 rings (SSSR count). The number of nitrogens with one attached hydrogen (secondary N) is 1. The van der Waals surface area contributed by atoms with Gasteiger partial charge in [0.05, 0.1) is 11.9 Å². The van der Waals surface area contributed by atoms with Crippen molar-refractivity contribution in [3.05, 3.63) is 78.4 Å². The maximum atomic E-state index is 12.2. The topological polar surface area (TPSA) is 64.1 Å². The van der Waals surface area contributed by atoms with Crippen LogP contribution in [0.4, 0.5) is 5.69 Å². The fourth-order valence-electron chi connectivity index (χ4n) is 1.99. The largest absolute Gasteiger partial charge is 0.455 e. The van der Waals surface area contributed by atoms with Gasteiger partial charge in [-0.3, -0.25) is 9.78 Å². The lowest BCUT2D eigenvalue weighted by Gasteiger charge is -2.12. The number of hydrogen-bond donors (Lipinski definition) is 1. The average Bonchev–Trinajstić information content (AvgIpc) is 2.59. The summed E-state index contributed by atoms with van der Waals surface area (Å²) in [4.78, 5) is 20.1. The first-order valence-electron chi connectivity index (χ1n) is 7.13. The van der Waals surface area contributed by atoms with E-state index < -0.39 is 0 Å². The molecule has 0 radical (unpaired) electrons. The van der Waals surface area contributed by atoms with Gasteiger partial charge in [0.25, 0.3) is 5.91 Å². The molecule has 5 nitrogen and oxygen atoms in total. The van der Waals surface area contributed by atoms with Crippen LogP contribution in [0.5, 0.6) is 11.5 Å². The molecule has 1 N–H and O–H groups in total. The van der Waals surface area contributed by atoms with Crippen LogP contribution >= 0.6 is 0 Å². The lowest BCUT2D eigenvalue weighted by molar-refractivity contribution is 0.102. The number of anilines is 1. The number of carbonyl (C=O) groups is 1. The molecule has 0 aliphatic carbocycles. The fraction of sp³-hybridized carbons (Fsp3) is 0.0556. The zero-order valence-corrected chi connectivity index (χ0v) is 12.6. The normalized spacial score (nSPS) is 10.1. The van der Waals surface area contributed by atoms with Gasteiger partial charge in [-0.2, -0.15) is 0 Å². The Morgan fingerprint density at radius 3 is 2.57 bits per heavy atom. The van der Waals surface area contributed by atoms with Crippen LogP contribution in [0.3, 0.4) is 0 Å². The van der Waals surface area contributed by atoms with Crippen LogP contribution < -0.4 is 10.1 Å². The molecule has 0 aliphatic heterocycles. The van der Waals surface area contributed by atoms with Crippen molar-refractivity contribution in [3.8, 4) is 11.5 Å². The van der Waals surface area contributed by atoms with Gasteiger partial charge in [0.2, 0.25) is 0 Å². The molecule has 0 saturated carbocycles. The second-order valence-corrected chi connectivity index (χ2v) is 4.96. The van der Waals surface area contributed by atoms with Gasteiger partial charge >= 0.3 is 0 Å². The van der Waals surface area contributed by atoms with E-state index in [2.05, 4.69) is 15.3 Å². The van der Waals surface area contributed by atoms with E-state index >= 15 is 0 Å². The van der Waals surface area contributed by atoms with Gasteiger partial charge < -0.3 is 10.1 Å². The molecule has 0 aliphatic rings. The van der Waals surface area contributed by atoms with E-state index in [1.165, 1.54) is 18.6 Å². The van der Waals surface area contributed by atoms with E-state index in [0.29, 0.717) is 17.2 Å². The Labute approximate surface area is 134 Å². The number of para-hydroxylation sites is 2. The van der Waals surface area contributed by atoms with Gasteiger partial charge in [0, 0.05) is 12.4 Å². The molecule has 0 unspecified atom stereocenters. The van der Waals surface area contributed by atoms with Gasteiger partial charge in [-0.1, -0.05) is 29.8 Å². The number of ether oxygens (including phenoxy) is 1. The third-order valence-electron chi connectivity index (χ3n) is 3.18. The van der Waals surface area contributed by atoms with Crippen molar-refractivity contribution < 1.29 is 9.53 Å². The van der Waals surface area contributed by atoms with Crippen molar-refractivity contribution in [3.63, 3.8) is 0 Å². The summed E-state index contributed by atoms with van der Waals surface area (Å²) < 4.78 is 5.85. The van der Waals surface area contributed by atoms with E-state index in [1.807, 2.05) is 43.3 Å². The quantitative estimate of drug-likeness (QED) is 0.795. The molecular formula is C18H15N3O2. The number of aromatic nitrogens is 2. The van der Waals surface area contributed by atoms with Crippen LogP contribution in [-0.4, -0.2) is 15.9 Å². The van der Waals surface area contributed by atoms with E-state index in [4.69, 9.17) is 4.74 Å². The summed E-state index contributed by atoms with van der Waals surface area (Å²) >= 11 is 0. The Hall–Kier alpha value is -3.21. The molecular weight excluding hydrogens is 290 g/mol. The van der Waals surface area contributed by atoms with Crippen LogP contribution in [0.25, 0.3) is 0 Å². The zero-order valence-electron chi connectivity index (χ0n) is 12.6. The standard InChI is InChI=1S/C18H15N3O2/c1-13-6-8-14(9-7-13)23-17-5-3-2-4-15(17)21-18(22)16-12-19-10-11-20-16/h2-12H,1H3,(H,21,22). The summed E-state index contributed by atoms with van der Waals surface area (Å²) in [6, 6.07) is 15.0. The first-order chi connectivity index (χ1) is 11.2. The predicted molar refractivity (Wildman–Crippen MR) is 87.7 cm³/mol. The zero-order chi connectivity index (χ0) is 16.1. The highest BCUT2D eigenvalue weighted by Crippen LogP contribution is 2.29. The molecule has 1 heterocycles. The summed E-state index contributed by atoms with van der Waals surface area (Å²) in [5.74, 6) is 0.934. The number of amides is 1. The van der Waals surface area contributed by atoms with Crippen molar-refractivity contribution in [2.75, 3.05) is 5.32 Å². The number of rotatable bonds is 4. The Bertz CT molecular complexity index is 802. The summed E-state index contributed by atoms with van der Waals surface area (Å²) in [6.07, 6.45) is 4.41. The molecule has 0 fully saturated rings. The van der Waals surface area contributed by atoms with Gasteiger partial charge in [-0.25, -0.2) is 4.98 Å². The molecule has 0 saturated heterocycles. The highest BCUT2D eigenvalue weighted by atomic mass is 16.5. The van der Waals surface area contributed by atoms with Crippen molar-refractivity contribution in [1.29, 1.82) is 0 Å². The Morgan fingerprint density at radius 1 is 1.04 bits per heavy atom. The highest BCUT2D eigenvalue weighted by Gasteiger charge is 2.11. The summed E-state index contributed by atoms with van der Waals surface area (Å²) in [7, 11) is 0. The lowest BCUT2D eigenvalue weighted by atomic mass is 10.2. The highest BCUT2D eigenvalue weighted by molar-refractivity contribution is 6.03. The number of nitrogens with zero attached hydrogens (tertiary/aromatic N) is 2. The smallest absolute Gasteiger partial charge is 0.275 e. The van der Waals surface area contributed by atoms with Crippen LogP contribution in [0.15, 0.2) is 67.1 Å². The molecule has 5 heteroatoms. The van der Waals surface area contributed by atoms with Gasteiger partial charge in [-0.15, -0.1) is 0 Å². The minimum Gasteiger partial charge on any atom is -0.455 e. The molecule has 1 amide bonds. The van der Waals surface area contributed by atoms with Gasteiger partial charge in [0.15, 0.2) is 5.75 Å². The van der Waals surface area contributed by atoms with E-state index in [0.717, 1.165) is 5.56 Å². The number of benzene rings is 2. The second kappa shape index (κ2) is 6.70. The molecule has 2 aromatic carbocycles. The van der Waals surface area contributed by atoms with Crippen molar-refractivity contribution >= 4 is 11.6 Å². The van der Waals surface area contributed by atoms with E-state index in [9.17, 15) is 4.79 Å². The van der Waals surface area contributed by atoms with Crippen LogP contribution in [0, 0.1) is 6.92 Å². The number of aryl methyl sites for hydroxylation is 1. The van der Waals surface area contributed by atoms with E-state index in [1.54, 1.807) is 12.1 Å². The Morgan fingerprint density at radius 2 is 1.83 bits per heavy atom. The average molecular weight is 305 g/mol. The molecule has 1 aromatic heterocycles. The SMILES string of the molecule is Cc1ccc(Oc2ccccc2NC(=O)c2cnccn2)cc1. The first kappa shape index (κ1) is 14.7. The molecule has 3 aromatic rings. The second-order valence-electron chi connectivity index (χ2n) is 4.96. The minimum atomic E-state index is -0.335. The fourth-order valence-corrected chi connectivity index (χ4v) is 1.99. The van der Waals surface area contributed by atoms with Crippen LogP contribution in [0.2, 0.25) is 0 Å². The third-order valence-corrected chi connectivity index (χ3v) is 3.18. The van der Waals surface area contributed by atoms with Crippen LogP contribution in [0.1, 0.15) is 16.1 Å². The molecule has 0 spiro atoms. The Kier molecular flexibility index (Phi) is 4.29. The maximum absolute atomic E-state index is 12.2. The maximum Gasteiger partial charge on any atom is 0.275 e. The van der Waals surface area contributed by atoms with E-state index in [-0.39, 0.29) is 11.6 Å². The summed E-state index contributed by atoms with van der Waals surface area (Å²) in [6.45, 7) is 2.01. The van der Waals surface area contributed by atoms with Gasteiger partial charge in [-0.05, 0) is 31.2 Å². The third kappa shape index (κ3) is 3.71. The molecule has 114 valence electrons. The van der Waals surface area contributed by atoms with Gasteiger partial charge in [0.1, 0.15) is 11.4 Å². The van der Waals surface area contributed by atoms with Crippen molar-refractivity contribution in [2.24, 2.45) is 0 Å². The number of hydrogen-bond acceptors (Lipinski definition) is 4.